The number of hydrogen-bond donors (Lipinski definition) is 1. The molecule has 0 spiro atoms. The summed E-state index contributed by atoms with van der Waals surface area (Å²) in [6.45, 7) is 5.61. The predicted octanol–water partition coefficient (Wildman–Crippen LogP) is 0.747. The van der Waals surface area contributed by atoms with Crippen LogP contribution in [0.4, 0.5) is 0 Å². The van der Waals surface area contributed by atoms with Crippen LogP contribution in [-0.4, -0.2) is 44.3 Å². The fraction of sp³-hybridized carbons (Fsp3) is 0.909. The van der Waals surface area contributed by atoms with Crippen molar-refractivity contribution >= 4 is 6.29 Å². The zero-order valence-corrected chi connectivity index (χ0v) is 9.57. The third-order valence-corrected chi connectivity index (χ3v) is 2.57. The number of ether oxygens (including phenoxy) is 2. The molecule has 1 saturated heterocycles. The summed E-state index contributed by atoms with van der Waals surface area (Å²) in [7, 11) is 0. The van der Waals surface area contributed by atoms with Crippen molar-refractivity contribution < 1.29 is 14.3 Å². The highest BCUT2D eigenvalue weighted by atomic mass is 16.5. The van der Waals surface area contributed by atoms with Gasteiger partial charge in [0.25, 0.3) is 0 Å². The molecule has 0 amide bonds. The van der Waals surface area contributed by atoms with Gasteiger partial charge >= 0.3 is 0 Å². The minimum absolute atomic E-state index is 0.169. The molecule has 0 aromatic rings. The molecule has 0 bridgehead atoms. The molecule has 1 N–H and O–H groups in total. The van der Waals surface area contributed by atoms with E-state index in [9.17, 15) is 4.79 Å². The molecule has 1 rings (SSSR count). The Morgan fingerprint density at radius 2 is 1.93 bits per heavy atom. The molecule has 1 heterocycles. The third-order valence-electron chi connectivity index (χ3n) is 2.57. The number of hydrogen-bond acceptors (Lipinski definition) is 4. The predicted molar refractivity (Wildman–Crippen MR) is 57.9 cm³/mol. The van der Waals surface area contributed by atoms with Gasteiger partial charge in [0.2, 0.25) is 0 Å². The van der Waals surface area contributed by atoms with Gasteiger partial charge in [-0.2, -0.15) is 0 Å². The van der Waals surface area contributed by atoms with Crippen LogP contribution in [0.2, 0.25) is 0 Å². The van der Waals surface area contributed by atoms with E-state index < -0.39 is 0 Å². The van der Waals surface area contributed by atoms with Crippen LogP contribution in [0, 0.1) is 0 Å². The Hall–Kier alpha value is -0.450. The maximum atomic E-state index is 9.98. The summed E-state index contributed by atoms with van der Waals surface area (Å²) < 4.78 is 10.7. The Kier molecular flexibility index (Phi) is 5.83. The van der Waals surface area contributed by atoms with Crippen molar-refractivity contribution in [3.63, 3.8) is 0 Å². The van der Waals surface area contributed by atoms with Crippen molar-refractivity contribution in [1.29, 1.82) is 0 Å². The fourth-order valence-corrected chi connectivity index (χ4v) is 2.05. The Balaban J connectivity index is 2.07. The van der Waals surface area contributed by atoms with Gasteiger partial charge in [0.1, 0.15) is 12.9 Å². The van der Waals surface area contributed by atoms with Gasteiger partial charge in [-0.3, -0.25) is 0 Å². The maximum Gasteiger partial charge on any atom is 0.145 e. The minimum atomic E-state index is 0.169. The second kappa shape index (κ2) is 6.93. The second-order valence-corrected chi connectivity index (χ2v) is 4.17. The summed E-state index contributed by atoms with van der Waals surface area (Å²) in [5, 5.41) is 3.46. The van der Waals surface area contributed by atoms with Gasteiger partial charge in [-0.25, -0.2) is 0 Å². The van der Waals surface area contributed by atoms with Crippen molar-refractivity contribution in [2.45, 2.75) is 44.9 Å². The maximum absolute atomic E-state index is 9.98. The normalized spacial score (nSPS) is 31.5. The highest BCUT2D eigenvalue weighted by Gasteiger charge is 2.23. The number of carbonyl (C=O) groups excluding carboxylic acids is 1. The van der Waals surface area contributed by atoms with Crippen LogP contribution in [-0.2, 0) is 14.3 Å². The third kappa shape index (κ3) is 5.25. The van der Waals surface area contributed by atoms with Crippen molar-refractivity contribution in [3.8, 4) is 0 Å². The first kappa shape index (κ1) is 12.6. The first-order chi connectivity index (χ1) is 7.22. The lowest BCUT2D eigenvalue weighted by Gasteiger charge is -2.32. The largest absolute Gasteiger partial charge is 0.376 e. The van der Waals surface area contributed by atoms with Gasteiger partial charge in [0.05, 0.1) is 19.3 Å². The fourth-order valence-electron chi connectivity index (χ4n) is 2.05. The molecular formula is C11H21NO3. The van der Waals surface area contributed by atoms with E-state index in [4.69, 9.17) is 9.47 Å². The zero-order valence-electron chi connectivity index (χ0n) is 9.57. The van der Waals surface area contributed by atoms with Gasteiger partial charge in [-0.05, 0) is 26.7 Å². The monoisotopic (exact) mass is 215 g/mol. The number of aldehydes is 1. The average molecular weight is 215 g/mol. The molecule has 0 aliphatic carbocycles. The topological polar surface area (TPSA) is 47.6 Å². The van der Waals surface area contributed by atoms with E-state index in [1.165, 1.54) is 0 Å². The summed E-state index contributed by atoms with van der Waals surface area (Å²) in [4.78, 5) is 9.98. The second-order valence-electron chi connectivity index (χ2n) is 4.17. The molecule has 4 heteroatoms. The molecule has 2 unspecified atom stereocenters. The van der Waals surface area contributed by atoms with Gasteiger partial charge in [-0.15, -0.1) is 0 Å². The molecule has 0 radical (unpaired) electrons. The van der Waals surface area contributed by atoms with Crippen LogP contribution in [0.5, 0.6) is 0 Å². The van der Waals surface area contributed by atoms with E-state index in [1.807, 2.05) is 0 Å². The van der Waals surface area contributed by atoms with Crippen LogP contribution in [0.3, 0.4) is 0 Å². The van der Waals surface area contributed by atoms with Crippen LogP contribution in [0.15, 0.2) is 0 Å². The van der Waals surface area contributed by atoms with Crippen molar-refractivity contribution in [1.82, 2.24) is 5.32 Å². The lowest BCUT2D eigenvalue weighted by molar-refractivity contribution is -0.112. The first-order valence-electron chi connectivity index (χ1n) is 5.61. The van der Waals surface area contributed by atoms with Gasteiger partial charge in [0, 0.05) is 12.1 Å². The highest BCUT2D eigenvalue weighted by molar-refractivity contribution is 5.50. The van der Waals surface area contributed by atoms with E-state index in [0.29, 0.717) is 31.4 Å². The van der Waals surface area contributed by atoms with Crippen molar-refractivity contribution in [2.75, 3.05) is 19.8 Å². The number of nitrogens with one attached hydrogen (secondary N) is 1. The lowest BCUT2D eigenvalue weighted by atomic mass is 9.98. The Labute approximate surface area is 91.3 Å². The molecule has 4 nitrogen and oxygen atoms in total. The molecule has 15 heavy (non-hydrogen) atoms. The first-order valence-corrected chi connectivity index (χ1v) is 5.61. The smallest absolute Gasteiger partial charge is 0.145 e. The number of piperidine rings is 1. The van der Waals surface area contributed by atoms with Crippen LogP contribution < -0.4 is 5.32 Å². The summed E-state index contributed by atoms with van der Waals surface area (Å²) in [6.07, 6.45) is 3.20. The highest BCUT2D eigenvalue weighted by Crippen LogP contribution is 2.16. The van der Waals surface area contributed by atoms with Gasteiger partial charge in [0.15, 0.2) is 0 Å². The molecule has 0 aromatic carbocycles. The van der Waals surface area contributed by atoms with E-state index in [2.05, 4.69) is 19.2 Å². The molecule has 2 atom stereocenters. The molecule has 1 aliphatic rings. The summed E-state index contributed by atoms with van der Waals surface area (Å²) >= 11 is 0. The van der Waals surface area contributed by atoms with Crippen LogP contribution in [0.1, 0.15) is 26.7 Å². The van der Waals surface area contributed by atoms with Crippen LogP contribution >= 0.6 is 0 Å². The summed E-state index contributed by atoms with van der Waals surface area (Å²) in [5.41, 5.74) is 0. The Morgan fingerprint density at radius 3 is 2.53 bits per heavy atom. The van der Waals surface area contributed by atoms with E-state index >= 15 is 0 Å². The molecule has 88 valence electrons. The number of carbonyl (C=O) groups is 1. The Morgan fingerprint density at radius 1 is 1.27 bits per heavy atom. The van der Waals surface area contributed by atoms with E-state index in [0.717, 1.165) is 19.1 Å². The standard InChI is InChI=1S/C11H21NO3/c1-9-7-11(8-10(2)12-9)15-6-5-14-4-3-13/h3,9-12H,4-8H2,1-2H3. The SMILES string of the molecule is CC1CC(OCCOCC=O)CC(C)N1. The quantitative estimate of drug-likeness (QED) is 0.524. The zero-order chi connectivity index (χ0) is 11.1. The molecule has 1 fully saturated rings. The van der Waals surface area contributed by atoms with Crippen molar-refractivity contribution in [2.24, 2.45) is 0 Å². The van der Waals surface area contributed by atoms with E-state index in [1.54, 1.807) is 0 Å². The number of rotatable bonds is 6. The Bertz CT molecular complexity index is 177. The summed E-state index contributed by atoms with van der Waals surface area (Å²) in [5.74, 6) is 0. The minimum Gasteiger partial charge on any atom is -0.376 e. The van der Waals surface area contributed by atoms with Crippen LogP contribution in [0.25, 0.3) is 0 Å². The van der Waals surface area contributed by atoms with Gasteiger partial charge in [-0.1, -0.05) is 0 Å². The molecular weight excluding hydrogens is 194 g/mol. The molecule has 1 aliphatic heterocycles. The lowest BCUT2D eigenvalue weighted by Crippen LogP contribution is -2.45. The summed E-state index contributed by atoms with van der Waals surface area (Å²) in [6, 6.07) is 1.05. The van der Waals surface area contributed by atoms with E-state index in [-0.39, 0.29) is 6.61 Å². The molecule has 0 saturated carbocycles. The van der Waals surface area contributed by atoms with Crippen molar-refractivity contribution in [3.05, 3.63) is 0 Å². The van der Waals surface area contributed by atoms with Gasteiger partial charge < -0.3 is 19.6 Å². The molecule has 0 aromatic heterocycles. The average Bonchev–Trinajstić information content (AvgIpc) is 2.16.